The number of hydrogen-bond donors (Lipinski definition) is 1. The number of likely N-dealkylation sites (N-methyl/N-ethyl adjacent to an activating group) is 1. The summed E-state index contributed by atoms with van der Waals surface area (Å²) < 4.78 is 15.8. The maximum absolute atomic E-state index is 13.9. The number of benzene rings is 1. The van der Waals surface area contributed by atoms with Crippen LogP contribution in [0.4, 0.5) is 4.39 Å². The van der Waals surface area contributed by atoms with E-state index >= 15 is 0 Å². The zero-order chi connectivity index (χ0) is 21.8. The lowest BCUT2D eigenvalue weighted by atomic mass is 9.90. The Morgan fingerprint density at radius 3 is 2.81 bits per heavy atom. The van der Waals surface area contributed by atoms with Crippen LogP contribution in [0.3, 0.4) is 0 Å². The van der Waals surface area contributed by atoms with Gasteiger partial charge in [0, 0.05) is 43.5 Å². The molecule has 1 atom stereocenters. The van der Waals surface area contributed by atoms with E-state index in [4.69, 9.17) is 5.10 Å². The molecule has 2 aliphatic rings. The monoisotopic (exact) mass is 425 g/mol. The number of halogens is 1. The van der Waals surface area contributed by atoms with Crippen molar-refractivity contribution in [3.05, 3.63) is 65.3 Å². The number of amides is 1. The second-order valence-electron chi connectivity index (χ2n) is 8.58. The highest BCUT2D eigenvalue weighted by Crippen LogP contribution is 2.26. The van der Waals surface area contributed by atoms with Gasteiger partial charge in [-0.1, -0.05) is 24.3 Å². The maximum Gasteiger partial charge on any atom is 0.274 e. The molecule has 1 N–H and O–H groups in total. The molecule has 31 heavy (non-hydrogen) atoms. The fraction of sp³-hybridized carbons (Fsp3) is 0.500. The van der Waals surface area contributed by atoms with Gasteiger partial charge in [0.25, 0.3) is 5.91 Å². The SMILES string of the molecule is C=CCn1nc(C(=O)N2CCN(C)CC2)c2c1CCC(NCCc1ccccc1F)C2. The zero-order valence-electron chi connectivity index (χ0n) is 18.3. The van der Waals surface area contributed by atoms with Crippen molar-refractivity contribution >= 4 is 5.91 Å². The van der Waals surface area contributed by atoms with E-state index in [-0.39, 0.29) is 17.8 Å². The van der Waals surface area contributed by atoms with Crippen LogP contribution < -0.4 is 5.32 Å². The van der Waals surface area contributed by atoms with Crippen LogP contribution in [0.5, 0.6) is 0 Å². The number of fused-ring (bicyclic) bond motifs is 1. The Hall–Kier alpha value is -2.51. The summed E-state index contributed by atoms with van der Waals surface area (Å²) in [7, 11) is 2.08. The number of aromatic nitrogens is 2. The highest BCUT2D eigenvalue weighted by atomic mass is 19.1. The average Bonchev–Trinajstić information content (AvgIpc) is 3.13. The van der Waals surface area contributed by atoms with Crippen molar-refractivity contribution < 1.29 is 9.18 Å². The number of hydrogen-bond acceptors (Lipinski definition) is 4. The van der Waals surface area contributed by atoms with Gasteiger partial charge in [-0.2, -0.15) is 5.10 Å². The number of piperazine rings is 1. The summed E-state index contributed by atoms with van der Waals surface area (Å²) in [5, 5.41) is 8.29. The van der Waals surface area contributed by atoms with Crippen LogP contribution in [0.1, 0.15) is 33.7 Å². The van der Waals surface area contributed by atoms with Crippen molar-refractivity contribution in [1.29, 1.82) is 0 Å². The molecule has 2 aromatic rings. The Labute approximate surface area is 183 Å². The Morgan fingerprint density at radius 1 is 1.29 bits per heavy atom. The van der Waals surface area contributed by atoms with Crippen molar-refractivity contribution in [3.63, 3.8) is 0 Å². The van der Waals surface area contributed by atoms with Gasteiger partial charge in [-0.05, 0) is 50.9 Å². The second kappa shape index (κ2) is 9.75. The topological polar surface area (TPSA) is 53.4 Å². The van der Waals surface area contributed by atoms with Crippen LogP contribution in [-0.2, 0) is 25.8 Å². The molecule has 7 heteroatoms. The van der Waals surface area contributed by atoms with E-state index in [0.717, 1.165) is 62.3 Å². The van der Waals surface area contributed by atoms with E-state index in [2.05, 4.69) is 23.8 Å². The third kappa shape index (κ3) is 4.88. The second-order valence-corrected chi connectivity index (χ2v) is 8.58. The molecule has 6 nitrogen and oxygen atoms in total. The first-order valence-electron chi connectivity index (χ1n) is 11.2. The molecule has 166 valence electrons. The summed E-state index contributed by atoms with van der Waals surface area (Å²) in [5.74, 6) is -0.111. The van der Waals surface area contributed by atoms with E-state index in [9.17, 15) is 9.18 Å². The molecule has 1 aliphatic carbocycles. The first-order valence-corrected chi connectivity index (χ1v) is 11.2. The fourth-order valence-corrected chi connectivity index (χ4v) is 4.58. The predicted octanol–water partition coefficient (Wildman–Crippen LogP) is 2.29. The first kappa shape index (κ1) is 21.7. The summed E-state index contributed by atoms with van der Waals surface area (Å²) >= 11 is 0. The maximum atomic E-state index is 13.9. The summed E-state index contributed by atoms with van der Waals surface area (Å²) in [6, 6.07) is 7.19. The molecule has 0 saturated carbocycles. The lowest BCUT2D eigenvalue weighted by molar-refractivity contribution is 0.0656. The minimum Gasteiger partial charge on any atom is -0.335 e. The summed E-state index contributed by atoms with van der Waals surface area (Å²) in [4.78, 5) is 17.5. The predicted molar refractivity (Wildman–Crippen MR) is 120 cm³/mol. The highest BCUT2D eigenvalue weighted by molar-refractivity contribution is 5.94. The van der Waals surface area contributed by atoms with Crippen molar-refractivity contribution in [1.82, 2.24) is 24.9 Å². The Balaban J connectivity index is 1.45. The molecule has 0 radical (unpaired) electrons. The molecule has 1 saturated heterocycles. The quantitative estimate of drug-likeness (QED) is 0.692. The molecule has 1 aliphatic heterocycles. The molecule has 2 heterocycles. The Morgan fingerprint density at radius 2 is 2.06 bits per heavy atom. The number of carbonyl (C=O) groups is 1. The van der Waals surface area contributed by atoms with Gasteiger partial charge >= 0.3 is 0 Å². The molecule has 0 bridgehead atoms. The van der Waals surface area contributed by atoms with Crippen LogP contribution >= 0.6 is 0 Å². The molecule has 1 amide bonds. The lowest BCUT2D eigenvalue weighted by Gasteiger charge is -2.32. The summed E-state index contributed by atoms with van der Waals surface area (Å²) in [6.45, 7) is 8.43. The highest BCUT2D eigenvalue weighted by Gasteiger charge is 2.31. The van der Waals surface area contributed by atoms with Crippen molar-refractivity contribution in [2.24, 2.45) is 0 Å². The Bertz CT molecular complexity index is 932. The molecule has 1 aromatic heterocycles. The minimum atomic E-state index is -0.152. The standard InChI is InChI=1S/C24H32FN5O/c1-3-12-30-22-9-8-19(26-11-10-18-6-4-5-7-21(18)25)17-20(22)23(27-30)24(31)29-15-13-28(2)14-16-29/h3-7,19,26H,1,8-17H2,2H3. The fourth-order valence-electron chi connectivity index (χ4n) is 4.58. The lowest BCUT2D eigenvalue weighted by Crippen LogP contribution is -2.47. The van der Waals surface area contributed by atoms with Crippen LogP contribution in [-0.4, -0.2) is 71.3 Å². The summed E-state index contributed by atoms with van der Waals surface area (Å²) in [6.07, 6.45) is 5.12. The first-order chi connectivity index (χ1) is 15.1. The van der Waals surface area contributed by atoms with E-state index in [1.165, 1.54) is 6.07 Å². The largest absolute Gasteiger partial charge is 0.335 e. The third-order valence-corrected chi connectivity index (χ3v) is 6.43. The van der Waals surface area contributed by atoms with Crippen LogP contribution in [0.15, 0.2) is 36.9 Å². The van der Waals surface area contributed by atoms with Crippen molar-refractivity contribution in [3.8, 4) is 0 Å². The van der Waals surface area contributed by atoms with Gasteiger partial charge in [0.1, 0.15) is 5.82 Å². The molecule has 1 unspecified atom stereocenters. The van der Waals surface area contributed by atoms with Gasteiger partial charge in [-0.25, -0.2) is 4.39 Å². The number of rotatable bonds is 7. The average molecular weight is 426 g/mol. The zero-order valence-corrected chi connectivity index (χ0v) is 18.3. The van der Waals surface area contributed by atoms with Gasteiger partial charge in [0.05, 0.1) is 6.54 Å². The van der Waals surface area contributed by atoms with Crippen LogP contribution in [0.2, 0.25) is 0 Å². The van der Waals surface area contributed by atoms with E-state index in [1.54, 1.807) is 6.07 Å². The molecule has 4 rings (SSSR count). The third-order valence-electron chi connectivity index (χ3n) is 6.43. The number of carbonyl (C=O) groups excluding carboxylic acids is 1. The van der Waals surface area contributed by atoms with Gasteiger partial charge in [-0.3, -0.25) is 9.48 Å². The van der Waals surface area contributed by atoms with Gasteiger partial charge < -0.3 is 15.1 Å². The number of nitrogens with one attached hydrogen (secondary N) is 1. The van der Waals surface area contributed by atoms with E-state index in [1.807, 2.05) is 27.8 Å². The van der Waals surface area contributed by atoms with Gasteiger partial charge in [0.15, 0.2) is 5.69 Å². The molecular weight excluding hydrogens is 393 g/mol. The molecule has 1 aromatic carbocycles. The smallest absolute Gasteiger partial charge is 0.274 e. The number of allylic oxidation sites excluding steroid dienone is 1. The van der Waals surface area contributed by atoms with E-state index < -0.39 is 0 Å². The van der Waals surface area contributed by atoms with Crippen molar-refractivity contribution in [2.75, 3.05) is 39.8 Å². The van der Waals surface area contributed by atoms with Crippen LogP contribution in [0.25, 0.3) is 0 Å². The molecule has 1 fully saturated rings. The van der Waals surface area contributed by atoms with E-state index in [0.29, 0.717) is 25.2 Å². The molecule has 0 spiro atoms. The van der Waals surface area contributed by atoms with Crippen molar-refractivity contribution in [2.45, 2.75) is 38.3 Å². The van der Waals surface area contributed by atoms with Crippen LogP contribution in [0, 0.1) is 5.82 Å². The van der Waals surface area contributed by atoms with Gasteiger partial charge in [0.2, 0.25) is 0 Å². The number of nitrogens with zero attached hydrogens (tertiary/aromatic N) is 4. The minimum absolute atomic E-state index is 0.0409. The Kier molecular flexibility index (Phi) is 6.83. The molecular formula is C24H32FN5O. The normalized spacial score (nSPS) is 19.3. The van der Waals surface area contributed by atoms with Gasteiger partial charge in [-0.15, -0.1) is 6.58 Å². The summed E-state index contributed by atoms with van der Waals surface area (Å²) in [5.41, 5.74) is 3.56.